The van der Waals surface area contributed by atoms with Crippen molar-refractivity contribution in [3.63, 3.8) is 0 Å². The zero-order valence-corrected chi connectivity index (χ0v) is 38.5. The fraction of sp³-hybridized carbons (Fsp3) is 0.300. The first-order chi connectivity index (χ1) is 30.9. The number of piperidine rings is 1. The van der Waals surface area contributed by atoms with Crippen molar-refractivity contribution in [2.45, 2.75) is 48.1 Å². The maximum absolute atomic E-state index is 13.7. The van der Waals surface area contributed by atoms with E-state index in [1.54, 1.807) is 23.7 Å². The SMILES string of the molecule is Cc1cc(S(=O)(=O)Nc2ccc(N3CCN(c4cccc(-c5c(-c6ccc(Cl)cc6)cn(C)c5C(=O)O)c4)CC3)cc2)ccc1N[C@H](CCN1CCC(O)CC1)CSc1ccccc1. The lowest BCUT2D eigenvalue weighted by molar-refractivity contribution is 0.0687. The first-order valence-corrected chi connectivity index (χ1v) is 24.6. The van der Waals surface area contributed by atoms with Gasteiger partial charge in [-0.15, -0.1) is 11.8 Å². The van der Waals surface area contributed by atoms with Gasteiger partial charge in [-0.25, -0.2) is 13.2 Å². The zero-order valence-electron chi connectivity index (χ0n) is 36.2. The molecule has 0 amide bonds. The molecule has 0 saturated carbocycles. The van der Waals surface area contributed by atoms with Gasteiger partial charge < -0.3 is 34.8 Å². The van der Waals surface area contributed by atoms with Gasteiger partial charge in [-0.2, -0.15) is 0 Å². The average molecular weight is 920 g/mol. The largest absolute Gasteiger partial charge is 0.477 e. The molecule has 11 nitrogen and oxygen atoms in total. The molecule has 0 spiro atoms. The molecule has 1 atom stereocenters. The summed E-state index contributed by atoms with van der Waals surface area (Å²) in [6.45, 7) is 7.69. The second-order valence-corrected chi connectivity index (χ2v) is 19.9. The number of piperazine rings is 1. The number of nitrogens with one attached hydrogen (secondary N) is 2. The van der Waals surface area contributed by atoms with Crippen LogP contribution in [0.25, 0.3) is 22.3 Å². The van der Waals surface area contributed by atoms with Gasteiger partial charge in [0.2, 0.25) is 0 Å². The minimum absolute atomic E-state index is 0.160. The summed E-state index contributed by atoms with van der Waals surface area (Å²) >= 11 is 7.98. The van der Waals surface area contributed by atoms with Gasteiger partial charge in [-0.1, -0.05) is 54.1 Å². The summed E-state index contributed by atoms with van der Waals surface area (Å²) in [4.78, 5) is 20.9. The fourth-order valence-electron chi connectivity index (χ4n) is 8.64. The number of benzene rings is 5. The van der Waals surface area contributed by atoms with Crippen molar-refractivity contribution in [2.75, 3.05) is 71.4 Å². The van der Waals surface area contributed by atoms with Gasteiger partial charge in [-0.3, -0.25) is 4.72 Å². The number of carboxylic acid groups (broad SMARTS) is 1. The maximum Gasteiger partial charge on any atom is 0.353 e. The van der Waals surface area contributed by atoms with E-state index in [2.05, 4.69) is 49.0 Å². The van der Waals surface area contributed by atoms with Crippen molar-refractivity contribution in [1.82, 2.24) is 9.47 Å². The number of anilines is 4. The molecule has 4 N–H and O–H groups in total. The normalized spacial score (nSPS) is 15.6. The van der Waals surface area contributed by atoms with Crippen LogP contribution in [0.15, 0.2) is 137 Å². The topological polar surface area (TPSA) is 130 Å². The van der Waals surface area contributed by atoms with Crippen molar-refractivity contribution < 1.29 is 23.4 Å². The van der Waals surface area contributed by atoms with E-state index < -0.39 is 16.0 Å². The second kappa shape index (κ2) is 20.2. The van der Waals surface area contributed by atoms with E-state index >= 15 is 0 Å². The van der Waals surface area contributed by atoms with Crippen molar-refractivity contribution in [3.8, 4) is 22.3 Å². The molecule has 0 bridgehead atoms. The lowest BCUT2D eigenvalue weighted by Gasteiger charge is -2.37. The number of sulfonamides is 1. The number of aliphatic hydroxyl groups is 1. The number of nitrogens with zero attached hydrogens (tertiary/aromatic N) is 4. The summed E-state index contributed by atoms with van der Waals surface area (Å²) in [5.41, 5.74) is 7.70. The van der Waals surface area contributed by atoms with Crippen LogP contribution in [0, 0.1) is 6.92 Å². The van der Waals surface area contributed by atoms with E-state index in [9.17, 15) is 23.4 Å². The minimum Gasteiger partial charge on any atom is -0.477 e. The van der Waals surface area contributed by atoms with E-state index in [1.165, 1.54) is 4.90 Å². The molecular formula is C50H55ClN6O5S2. The Balaban J connectivity index is 0.886. The Morgan fingerprint density at radius 1 is 0.812 bits per heavy atom. The van der Waals surface area contributed by atoms with Gasteiger partial charge in [0.25, 0.3) is 10.0 Å². The third kappa shape index (κ3) is 10.9. The third-order valence-electron chi connectivity index (χ3n) is 12.2. The third-order valence-corrected chi connectivity index (χ3v) is 15.0. The number of hydrogen-bond donors (Lipinski definition) is 4. The standard InChI is InChI=1S/C50H55ClN6O5S2/c1-35-31-45(19-20-47(35)52-40(34-63-44-9-4-3-5-10-44)21-24-55-25-22-43(58)23-26-55)64(61,62)53-39-15-17-41(18-16-39)56-27-29-57(30-28-56)42-8-6-7-37(32-42)48-46(33-54(2)49(48)50(59)60)36-11-13-38(51)14-12-36/h3-20,31-33,40,43,52-53,58H,21-30,34H2,1-2H3,(H,59,60)/t40-/m1/s1. The quantitative estimate of drug-likeness (QED) is 0.0697. The van der Waals surface area contributed by atoms with Crippen LogP contribution in [0.2, 0.25) is 5.02 Å². The highest BCUT2D eigenvalue weighted by molar-refractivity contribution is 7.99. The molecule has 2 aliphatic rings. The van der Waals surface area contributed by atoms with Crippen molar-refractivity contribution in [3.05, 3.63) is 144 Å². The molecule has 5 aromatic carbocycles. The summed E-state index contributed by atoms with van der Waals surface area (Å²) < 4.78 is 31.8. The van der Waals surface area contributed by atoms with E-state index in [1.807, 2.05) is 110 Å². The number of aromatic carboxylic acids is 1. The Morgan fingerprint density at radius 2 is 1.50 bits per heavy atom. The number of carbonyl (C=O) groups is 1. The molecule has 14 heteroatoms. The molecule has 64 heavy (non-hydrogen) atoms. The average Bonchev–Trinajstić information content (AvgIpc) is 3.66. The number of carboxylic acids is 1. The van der Waals surface area contributed by atoms with Crippen LogP contribution in [0.4, 0.5) is 22.7 Å². The van der Waals surface area contributed by atoms with E-state index in [-0.39, 0.29) is 22.7 Å². The van der Waals surface area contributed by atoms with Gasteiger partial charge in [0.05, 0.1) is 11.0 Å². The molecule has 2 aliphatic heterocycles. The highest BCUT2D eigenvalue weighted by Gasteiger charge is 2.25. The van der Waals surface area contributed by atoms with Crippen LogP contribution in [0.1, 0.15) is 35.3 Å². The number of thioether (sulfide) groups is 1. The Hall–Kier alpha value is -5.44. The Bertz CT molecular complexity index is 2650. The number of likely N-dealkylation sites (tertiary alicyclic amines) is 1. The summed E-state index contributed by atoms with van der Waals surface area (Å²) in [5.74, 6) is -0.131. The van der Waals surface area contributed by atoms with Gasteiger partial charge in [0.1, 0.15) is 5.69 Å². The number of aliphatic hydroxyl groups excluding tert-OH is 1. The van der Waals surface area contributed by atoms with Crippen LogP contribution >= 0.6 is 23.4 Å². The molecule has 3 heterocycles. The van der Waals surface area contributed by atoms with Crippen LogP contribution in [0.3, 0.4) is 0 Å². The highest BCUT2D eigenvalue weighted by Crippen LogP contribution is 2.39. The predicted octanol–water partition coefficient (Wildman–Crippen LogP) is 9.57. The minimum atomic E-state index is -3.85. The van der Waals surface area contributed by atoms with E-state index in [4.69, 9.17) is 11.6 Å². The first-order valence-electron chi connectivity index (χ1n) is 21.8. The molecular weight excluding hydrogens is 864 g/mol. The lowest BCUT2D eigenvalue weighted by Crippen LogP contribution is -2.46. The molecule has 1 aromatic heterocycles. The number of rotatable bonds is 16. The highest BCUT2D eigenvalue weighted by atomic mass is 35.5. The van der Waals surface area contributed by atoms with Crippen molar-refractivity contribution >= 4 is 62.1 Å². The van der Waals surface area contributed by atoms with Crippen LogP contribution < -0.4 is 19.8 Å². The Morgan fingerprint density at radius 3 is 2.17 bits per heavy atom. The Kier molecular flexibility index (Phi) is 14.2. The summed E-state index contributed by atoms with van der Waals surface area (Å²) in [6.07, 6.45) is 4.20. The molecule has 0 radical (unpaired) electrons. The molecule has 0 unspecified atom stereocenters. The molecule has 6 aromatic rings. The number of aryl methyl sites for hydroxylation is 2. The number of hydrogen-bond acceptors (Lipinski definition) is 9. The van der Waals surface area contributed by atoms with E-state index in [0.29, 0.717) is 16.3 Å². The van der Waals surface area contributed by atoms with Crippen molar-refractivity contribution in [2.24, 2.45) is 7.05 Å². The maximum atomic E-state index is 13.7. The monoisotopic (exact) mass is 918 g/mol. The Labute approximate surface area is 385 Å². The molecule has 0 aliphatic carbocycles. The number of halogens is 1. The molecule has 2 saturated heterocycles. The summed E-state index contributed by atoms with van der Waals surface area (Å²) in [5, 5.41) is 24.5. The van der Waals surface area contributed by atoms with Gasteiger partial charge in [0, 0.05) is 115 Å². The molecule has 8 rings (SSSR count). The summed E-state index contributed by atoms with van der Waals surface area (Å²) in [7, 11) is -2.10. The number of aromatic nitrogens is 1. The second-order valence-electron chi connectivity index (χ2n) is 16.7. The van der Waals surface area contributed by atoms with Crippen LogP contribution in [0.5, 0.6) is 0 Å². The zero-order chi connectivity index (χ0) is 44.8. The van der Waals surface area contributed by atoms with E-state index in [0.717, 1.165) is 110 Å². The summed E-state index contributed by atoms with van der Waals surface area (Å²) in [6, 6.07) is 38.8. The van der Waals surface area contributed by atoms with Crippen LogP contribution in [-0.2, 0) is 17.1 Å². The predicted molar refractivity (Wildman–Crippen MR) is 262 cm³/mol. The fourth-order valence-corrected chi connectivity index (χ4v) is 10.9. The van der Waals surface area contributed by atoms with Crippen LogP contribution in [-0.4, -0.2) is 97.8 Å². The van der Waals surface area contributed by atoms with Crippen molar-refractivity contribution in [1.29, 1.82) is 0 Å². The molecule has 334 valence electrons. The van der Waals surface area contributed by atoms with Gasteiger partial charge >= 0.3 is 5.97 Å². The van der Waals surface area contributed by atoms with Gasteiger partial charge in [0.15, 0.2) is 0 Å². The lowest BCUT2D eigenvalue weighted by atomic mass is 9.96. The molecule has 2 fully saturated rings. The first kappa shape index (κ1) is 45.1. The van der Waals surface area contributed by atoms with Gasteiger partial charge in [-0.05, 0) is 122 Å². The smallest absolute Gasteiger partial charge is 0.353 e.